The molecule has 0 spiro atoms. The molecule has 0 radical (unpaired) electrons. The molecule has 5 heteroatoms. The number of fused-ring (bicyclic) bond motifs is 1. The molecule has 2 aliphatic rings. The number of benzene rings is 2. The van der Waals surface area contributed by atoms with E-state index in [0.29, 0.717) is 0 Å². The SMILES string of the molecule is COc1ccc(/C=C2\CCC[C@H]3C2=NN(C(C)=O)[C@@H]3c2ccc(OC)cc2)cc1. The first-order chi connectivity index (χ1) is 14.1. The smallest absolute Gasteiger partial charge is 0.240 e. The Morgan fingerprint density at radius 1 is 1.03 bits per heavy atom. The maximum atomic E-state index is 12.4. The second-order valence-corrected chi connectivity index (χ2v) is 7.51. The number of nitrogens with zero attached hydrogens (tertiary/aromatic N) is 2. The third kappa shape index (κ3) is 3.77. The monoisotopic (exact) mass is 390 g/mol. The van der Waals surface area contributed by atoms with E-state index in [9.17, 15) is 4.79 Å². The van der Waals surface area contributed by atoms with E-state index in [0.717, 1.165) is 47.6 Å². The van der Waals surface area contributed by atoms with E-state index in [4.69, 9.17) is 14.6 Å². The van der Waals surface area contributed by atoms with Crippen LogP contribution in [0.1, 0.15) is 43.4 Å². The summed E-state index contributed by atoms with van der Waals surface area (Å²) in [5, 5.41) is 6.46. The number of hydrogen-bond donors (Lipinski definition) is 0. The summed E-state index contributed by atoms with van der Waals surface area (Å²) in [6.45, 7) is 1.59. The predicted molar refractivity (Wildman–Crippen MR) is 114 cm³/mol. The average molecular weight is 390 g/mol. The summed E-state index contributed by atoms with van der Waals surface area (Å²) < 4.78 is 10.5. The molecular weight excluding hydrogens is 364 g/mol. The lowest BCUT2D eigenvalue weighted by molar-refractivity contribution is -0.131. The number of carbonyl (C=O) groups is 1. The Morgan fingerprint density at radius 2 is 1.66 bits per heavy atom. The van der Waals surface area contributed by atoms with Crippen molar-refractivity contribution in [2.75, 3.05) is 14.2 Å². The van der Waals surface area contributed by atoms with Crippen LogP contribution in [0.5, 0.6) is 11.5 Å². The first kappa shape index (κ1) is 19.2. The summed E-state index contributed by atoms with van der Waals surface area (Å²) >= 11 is 0. The number of hydrogen-bond acceptors (Lipinski definition) is 4. The van der Waals surface area contributed by atoms with Crippen LogP contribution >= 0.6 is 0 Å². The molecule has 2 atom stereocenters. The highest BCUT2D eigenvalue weighted by Crippen LogP contribution is 2.44. The summed E-state index contributed by atoms with van der Waals surface area (Å²) in [5.41, 5.74) is 4.47. The van der Waals surface area contributed by atoms with E-state index >= 15 is 0 Å². The van der Waals surface area contributed by atoms with Gasteiger partial charge < -0.3 is 9.47 Å². The molecule has 2 aromatic rings. The van der Waals surface area contributed by atoms with Crippen LogP contribution in [0.15, 0.2) is 59.2 Å². The molecule has 2 aromatic carbocycles. The minimum atomic E-state index is -0.0621. The van der Waals surface area contributed by atoms with Gasteiger partial charge in [-0.3, -0.25) is 4.79 Å². The van der Waals surface area contributed by atoms with Crippen molar-refractivity contribution >= 4 is 17.7 Å². The van der Waals surface area contributed by atoms with Crippen molar-refractivity contribution in [1.29, 1.82) is 0 Å². The summed E-state index contributed by atoms with van der Waals surface area (Å²) in [4.78, 5) is 12.4. The lowest BCUT2D eigenvalue weighted by atomic mass is 9.77. The predicted octanol–water partition coefficient (Wildman–Crippen LogP) is 4.85. The first-order valence-corrected chi connectivity index (χ1v) is 9.98. The molecule has 1 aliphatic carbocycles. The molecule has 1 amide bonds. The van der Waals surface area contributed by atoms with Gasteiger partial charge in [-0.05, 0) is 66.3 Å². The number of hydrazone groups is 1. The maximum absolute atomic E-state index is 12.4. The summed E-state index contributed by atoms with van der Waals surface area (Å²) in [5.74, 6) is 1.84. The van der Waals surface area contributed by atoms with E-state index in [2.05, 4.69) is 18.2 Å². The molecule has 1 heterocycles. The normalized spacial score (nSPS) is 22.2. The van der Waals surface area contributed by atoms with Gasteiger partial charge in [0.15, 0.2) is 0 Å². The van der Waals surface area contributed by atoms with Crippen LogP contribution in [0.3, 0.4) is 0 Å². The van der Waals surface area contributed by atoms with Crippen LogP contribution in [-0.2, 0) is 4.79 Å². The van der Waals surface area contributed by atoms with E-state index in [1.165, 1.54) is 5.57 Å². The van der Waals surface area contributed by atoms with Gasteiger partial charge in [0.25, 0.3) is 0 Å². The fraction of sp³-hybridized carbons (Fsp3) is 0.333. The van der Waals surface area contributed by atoms with Crippen molar-refractivity contribution in [2.45, 2.75) is 32.2 Å². The van der Waals surface area contributed by atoms with Crippen LogP contribution in [-0.4, -0.2) is 30.8 Å². The van der Waals surface area contributed by atoms with Crippen molar-refractivity contribution in [3.05, 3.63) is 65.2 Å². The standard InChI is InChI=1S/C24H26N2O3/c1-16(27)26-24(18-9-13-21(29-3)14-10-18)22-6-4-5-19(23(22)25-26)15-17-7-11-20(28-2)12-8-17/h7-15,22,24H,4-6H2,1-3H3/b19-15+/t22-,24+/m0/s1. The first-order valence-electron chi connectivity index (χ1n) is 9.98. The zero-order chi connectivity index (χ0) is 20.4. The minimum Gasteiger partial charge on any atom is -0.497 e. The maximum Gasteiger partial charge on any atom is 0.240 e. The van der Waals surface area contributed by atoms with Gasteiger partial charge in [0.05, 0.1) is 26.0 Å². The number of rotatable bonds is 4. The Balaban J connectivity index is 1.68. The number of amides is 1. The quantitative estimate of drug-likeness (QED) is 0.750. The molecule has 1 saturated carbocycles. The van der Waals surface area contributed by atoms with E-state index in [1.54, 1.807) is 26.2 Å². The third-order valence-electron chi connectivity index (χ3n) is 5.74. The third-order valence-corrected chi connectivity index (χ3v) is 5.74. The van der Waals surface area contributed by atoms with Crippen molar-refractivity contribution in [3.63, 3.8) is 0 Å². The summed E-state index contributed by atoms with van der Waals surface area (Å²) in [7, 11) is 3.33. The van der Waals surface area contributed by atoms with Gasteiger partial charge >= 0.3 is 0 Å². The van der Waals surface area contributed by atoms with Crippen LogP contribution < -0.4 is 9.47 Å². The summed E-state index contributed by atoms with van der Waals surface area (Å²) in [6, 6.07) is 15.9. The van der Waals surface area contributed by atoms with E-state index < -0.39 is 0 Å². The molecular formula is C24H26N2O3. The highest BCUT2D eigenvalue weighted by molar-refractivity contribution is 6.08. The number of ether oxygens (including phenoxy) is 2. The zero-order valence-corrected chi connectivity index (χ0v) is 17.1. The van der Waals surface area contributed by atoms with Crippen molar-refractivity contribution in [3.8, 4) is 11.5 Å². The van der Waals surface area contributed by atoms with E-state index in [1.807, 2.05) is 36.4 Å². The van der Waals surface area contributed by atoms with Gasteiger partial charge in [-0.1, -0.05) is 24.3 Å². The molecule has 0 bridgehead atoms. The molecule has 0 unspecified atom stereocenters. The second-order valence-electron chi connectivity index (χ2n) is 7.51. The number of methoxy groups -OCH3 is 2. The highest BCUT2D eigenvalue weighted by Gasteiger charge is 2.42. The van der Waals surface area contributed by atoms with Gasteiger partial charge in [0, 0.05) is 12.8 Å². The van der Waals surface area contributed by atoms with Gasteiger partial charge in [-0.15, -0.1) is 0 Å². The van der Waals surface area contributed by atoms with Crippen molar-refractivity contribution < 1.29 is 14.3 Å². The minimum absolute atomic E-state index is 0.0310. The van der Waals surface area contributed by atoms with Crippen LogP contribution in [0, 0.1) is 5.92 Å². The van der Waals surface area contributed by atoms with Crippen LogP contribution in [0.4, 0.5) is 0 Å². The van der Waals surface area contributed by atoms with Crippen molar-refractivity contribution in [1.82, 2.24) is 5.01 Å². The van der Waals surface area contributed by atoms with Gasteiger partial charge in [0.1, 0.15) is 11.5 Å². The largest absolute Gasteiger partial charge is 0.497 e. The Labute approximate surface area is 171 Å². The Hall–Kier alpha value is -3.08. The van der Waals surface area contributed by atoms with E-state index in [-0.39, 0.29) is 17.9 Å². The molecule has 1 aliphatic heterocycles. The van der Waals surface area contributed by atoms with Crippen LogP contribution in [0.2, 0.25) is 0 Å². The summed E-state index contributed by atoms with van der Waals surface area (Å²) in [6.07, 6.45) is 5.28. The lowest BCUT2D eigenvalue weighted by Gasteiger charge is -2.29. The molecule has 4 rings (SSSR count). The zero-order valence-electron chi connectivity index (χ0n) is 17.1. The molecule has 0 saturated heterocycles. The number of allylic oxidation sites excluding steroid dienone is 1. The van der Waals surface area contributed by atoms with Gasteiger partial charge in [0.2, 0.25) is 5.91 Å². The second kappa shape index (κ2) is 8.11. The Kier molecular flexibility index (Phi) is 5.38. The molecule has 29 heavy (non-hydrogen) atoms. The van der Waals surface area contributed by atoms with Crippen molar-refractivity contribution in [2.24, 2.45) is 11.0 Å². The topological polar surface area (TPSA) is 51.1 Å². The fourth-order valence-electron chi connectivity index (χ4n) is 4.30. The lowest BCUT2D eigenvalue weighted by Crippen LogP contribution is -2.30. The molecule has 0 N–H and O–H groups in total. The Bertz CT molecular complexity index is 945. The molecule has 0 aromatic heterocycles. The van der Waals surface area contributed by atoms with Gasteiger partial charge in [-0.2, -0.15) is 5.10 Å². The van der Waals surface area contributed by atoms with Crippen LogP contribution in [0.25, 0.3) is 6.08 Å². The molecule has 5 nitrogen and oxygen atoms in total. The molecule has 1 fully saturated rings. The Morgan fingerprint density at radius 3 is 2.24 bits per heavy atom. The molecule has 150 valence electrons. The average Bonchev–Trinajstić information content (AvgIpc) is 3.15. The fourth-order valence-corrected chi connectivity index (χ4v) is 4.30. The highest BCUT2D eigenvalue weighted by atomic mass is 16.5. The van der Waals surface area contributed by atoms with Gasteiger partial charge in [-0.25, -0.2) is 5.01 Å². The number of carbonyl (C=O) groups excluding carboxylic acids is 1.